The van der Waals surface area contributed by atoms with Gasteiger partial charge >= 0.3 is 0 Å². The predicted molar refractivity (Wildman–Crippen MR) is 94.9 cm³/mol. The van der Waals surface area contributed by atoms with Gasteiger partial charge in [-0.25, -0.2) is 8.78 Å². The Morgan fingerprint density at radius 3 is 3.00 bits per heavy atom. The number of morpholine rings is 1. The van der Waals surface area contributed by atoms with Gasteiger partial charge in [-0.2, -0.15) is 0 Å². The molecule has 2 aliphatic rings. The maximum atomic E-state index is 14.0. The molecule has 0 saturated carbocycles. The zero-order valence-corrected chi connectivity index (χ0v) is 15.1. The Hall–Kier alpha value is -1.83. The average Bonchev–Trinajstić information content (AvgIpc) is 3.09. The number of amides is 1. The van der Waals surface area contributed by atoms with Crippen LogP contribution in [0.4, 0.5) is 8.78 Å². The number of carbonyl (C=O) groups excluding carboxylic acids is 1. The summed E-state index contributed by atoms with van der Waals surface area (Å²) in [5, 5.41) is 2.07. The van der Waals surface area contributed by atoms with Crippen molar-refractivity contribution >= 4 is 17.2 Å². The van der Waals surface area contributed by atoms with Gasteiger partial charge in [0.05, 0.1) is 19.3 Å². The molecular formula is C19H20F2N2O2S. The molecule has 0 radical (unpaired) electrons. The molecule has 1 saturated heterocycles. The van der Waals surface area contributed by atoms with Crippen LogP contribution in [0.2, 0.25) is 0 Å². The Morgan fingerprint density at radius 1 is 1.27 bits per heavy atom. The van der Waals surface area contributed by atoms with E-state index in [1.54, 1.807) is 11.3 Å². The van der Waals surface area contributed by atoms with Crippen molar-refractivity contribution in [1.29, 1.82) is 0 Å². The molecule has 1 fully saturated rings. The highest BCUT2D eigenvalue weighted by Crippen LogP contribution is 2.26. The Labute approximate surface area is 155 Å². The number of fused-ring (bicyclic) bond motifs is 1. The molecule has 4 rings (SSSR count). The summed E-state index contributed by atoms with van der Waals surface area (Å²) < 4.78 is 32.8. The molecule has 0 bridgehead atoms. The first-order valence-corrected chi connectivity index (χ1v) is 9.60. The summed E-state index contributed by atoms with van der Waals surface area (Å²) in [7, 11) is 0. The SMILES string of the molecule is O=C(CN1CCOC(c2ccc(F)cc2F)C1)N1CCc2sccc2C1. The molecule has 1 aromatic carbocycles. The van der Waals surface area contributed by atoms with E-state index in [-0.39, 0.29) is 5.91 Å². The van der Waals surface area contributed by atoms with Gasteiger partial charge in [-0.3, -0.25) is 9.69 Å². The summed E-state index contributed by atoms with van der Waals surface area (Å²) in [5.74, 6) is -1.13. The molecule has 7 heteroatoms. The van der Waals surface area contributed by atoms with Crippen LogP contribution in [0.1, 0.15) is 22.1 Å². The van der Waals surface area contributed by atoms with Gasteiger partial charge in [0.1, 0.15) is 11.6 Å². The number of carbonyl (C=O) groups is 1. The highest BCUT2D eigenvalue weighted by Gasteiger charge is 2.28. The lowest BCUT2D eigenvalue weighted by molar-refractivity contribution is -0.135. The van der Waals surface area contributed by atoms with Crippen molar-refractivity contribution in [2.75, 3.05) is 32.8 Å². The van der Waals surface area contributed by atoms with Gasteiger partial charge in [0.2, 0.25) is 5.91 Å². The maximum Gasteiger partial charge on any atom is 0.237 e. The summed E-state index contributed by atoms with van der Waals surface area (Å²) in [5.41, 5.74) is 1.58. The van der Waals surface area contributed by atoms with E-state index < -0.39 is 17.7 Å². The van der Waals surface area contributed by atoms with E-state index in [1.807, 2.05) is 9.80 Å². The van der Waals surface area contributed by atoms with Gasteiger partial charge < -0.3 is 9.64 Å². The number of rotatable bonds is 3. The number of nitrogens with zero attached hydrogens (tertiary/aromatic N) is 2. The van der Waals surface area contributed by atoms with Crippen molar-refractivity contribution in [2.45, 2.75) is 19.1 Å². The fraction of sp³-hybridized carbons (Fsp3) is 0.421. The fourth-order valence-electron chi connectivity index (χ4n) is 3.55. The molecule has 2 aliphatic heterocycles. The number of hydrogen-bond donors (Lipinski definition) is 0. The smallest absolute Gasteiger partial charge is 0.237 e. The van der Waals surface area contributed by atoms with Crippen molar-refractivity contribution in [3.8, 4) is 0 Å². The predicted octanol–water partition coefficient (Wildman–Crippen LogP) is 2.98. The van der Waals surface area contributed by atoms with Crippen molar-refractivity contribution in [3.05, 3.63) is 57.3 Å². The molecule has 2 aromatic rings. The lowest BCUT2D eigenvalue weighted by Gasteiger charge is -2.35. The van der Waals surface area contributed by atoms with Gasteiger partial charge in [-0.15, -0.1) is 11.3 Å². The summed E-state index contributed by atoms with van der Waals surface area (Å²) in [6.45, 7) is 3.17. The first kappa shape index (κ1) is 17.6. The Morgan fingerprint density at radius 2 is 2.15 bits per heavy atom. The minimum Gasteiger partial charge on any atom is -0.371 e. The van der Waals surface area contributed by atoms with Gasteiger partial charge in [0, 0.05) is 42.7 Å². The quantitative estimate of drug-likeness (QED) is 0.823. The lowest BCUT2D eigenvalue weighted by Crippen LogP contribution is -2.46. The van der Waals surface area contributed by atoms with Gasteiger partial charge in [0.15, 0.2) is 0 Å². The minimum absolute atomic E-state index is 0.0853. The van der Waals surface area contributed by atoms with Crippen molar-refractivity contribution in [2.24, 2.45) is 0 Å². The van der Waals surface area contributed by atoms with Crippen molar-refractivity contribution in [1.82, 2.24) is 9.80 Å². The average molecular weight is 378 g/mol. The fourth-order valence-corrected chi connectivity index (χ4v) is 4.44. The molecule has 0 N–H and O–H groups in total. The highest BCUT2D eigenvalue weighted by atomic mass is 32.1. The molecular weight excluding hydrogens is 358 g/mol. The van der Waals surface area contributed by atoms with E-state index in [0.29, 0.717) is 38.3 Å². The topological polar surface area (TPSA) is 32.8 Å². The molecule has 0 aliphatic carbocycles. The molecule has 0 spiro atoms. The molecule has 4 nitrogen and oxygen atoms in total. The van der Waals surface area contributed by atoms with Crippen molar-refractivity contribution < 1.29 is 18.3 Å². The Bertz CT molecular complexity index is 811. The Kier molecular flexibility index (Phi) is 5.02. The van der Waals surface area contributed by atoms with Gasteiger partial charge in [0.25, 0.3) is 0 Å². The second-order valence-corrected chi connectivity index (χ2v) is 7.70. The number of ether oxygens (including phenoxy) is 1. The second-order valence-electron chi connectivity index (χ2n) is 6.69. The molecule has 1 unspecified atom stereocenters. The van der Waals surface area contributed by atoms with Crippen LogP contribution in [0.25, 0.3) is 0 Å². The number of thiophene rings is 1. The number of halogens is 2. The largest absolute Gasteiger partial charge is 0.371 e. The Balaban J connectivity index is 1.38. The summed E-state index contributed by atoms with van der Waals surface area (Å²) in [6.07, 6.45) is 0.424. The zero-order chi connectivity index (χ0) is 18.1. The van der Waals surface area contributed by atoms with E-state index in [9.17, 15) is 13.6 Å². The second kappa shape index (κ2) is 7.42. The molecule has 1 atom stereocenters. The molecule has 138 valence electrons. The molecule has 26 heavy (non-hydrogen) atoms. The molecule has 1 amide bonds. The third kappa shape index (κ3) is 3.65. The highest BCUT2D eigenvalue weighted by molar-refractivity contribution is 7.10. The van der Waals surface area contributed by atoms with Crippen LogP contribution in [0.5, 0.6) is 0 Å². The minimum atomic E-state index is -0.607. The van der Waals surface area contributed by atoms with Crippen LogP contribution in [-0.2, 0) is 22.5 Å². The number of benzene rings is 1. The standard InChI is InChI=1S/C19H20F2N2O2S/c20-14-1-2-15(16(21)9-14)17-11-22(6-7-25-17)12-19(24)23-5-3-18-13(10-23)4-8-26-18/h1-2,4,8-9,17H,3,5-7,10-12H2. The number of hydrogen-bond acceptors (Lipinski definition) is 4. The van der Waals surface area contributed by atoms with Crippen molar-refractivity contribution in [3.63, 3.8) is 0 Å². The maximum absolute atomic E-state index is 14.0. The van der Waals surface area contributed by atoms with Crippen LogP contribution in [0, 0.1) is 11.6 Å². The normalized spacial score (nSPS) is 20.8. The van der Waals surface area contributed by atoms with Crippen LogP contribution < -0.4 is 0 Å². The third-order valence-electron chi connectivity index (χ3n) is 4.98. The van der Waals surface area contributed by atoms with Gasteiger partial charge in [-0.05, 0) is 29.5 Å². The zero-order valence-electron chi connectivity index (χ0n) is 14.3. The summed E-state index contributed by atoms with van der Waals surface area (Å²) in [4.78, 5) is 17.9. The summed E-state index contributed by atoms with van der Waals surface area (Å²) >= 11 is 1.75. The van der Waals surface area contributed by atoms with E-state index >= 15 is 0 Å². The lowest BCUT2D eigenvalue weighted by atomic mass is 10.1. The monoisotopic (exact) mass is 378 g/mol. The summed E-state index contributed by atoms with van der Waals surface area (Å²) in [6, 6.07) is 5.61. The first-order chi connectivity index (χ1) is 12.6. The van der Waals surface area contributed by atoms with Crippen LogP contribution in [0.15, 0.2) is 29.6 Å². The molecule has 3 heterocycles. The van der Waals surface area contributed by atoms with Crippen LogP contribution in [0.3, 0.4) is 0 Å². The third-order valence-corrected chi connectivity index (χ3v) is 6.00. The van der Waals surface area contributed by atoms with Crippen LogP contribution >= 0.6 is 11.3 Å². The van der Waals surface area contributed by atoms with E-state index in [1.165, 1.54) is 22.6 Å². The first-order valence-electron chi connectivity index (χ1n) is 8.72. The van der Waals surface area contributed by atoms with Crippen LogP contribution in [-0.4, -0.2) is 48.5 Å². The van der Waals surface area contributed by atoms with E-state index in [2.05, 4.69) is 11.4 Å². The van der Waals surface area contributed by atoms with E-state index in [4.69, 9.17) is 4.74 Å². The van der Waals surface area contributed by atoms with Gasteiger partial charge in [-0.1, -0.05) is 6.07 Å². The molecule has 1 aromatic heterocycles. The van der Waals surface area contributed by atoms with E-state index in [0.717, 1.165) is 19.0 Å².